The molecular formula is C20H23FN4O4S. The van der Waals surface area contributed by atoms with Crippen molar-refractivity contribution in [1.29, 1.82) is 0 Å². The summed E-state index contributed by atoms with van der Waals surface area (Å²) in [6, 6.07) is 9.02. The first-order valence-corrected chi connectivity index (χ1v) is 10.5. The van der Waals surface area contributed by atoms with Gasteiger partial charge in [-0.1, -0.05) is 6.07 Å². The van der Waals surface area contributed by atoms with Gasteiger partial charge in [-0.25, -0.2) is 9.40 Å². The molecule has 0 aromatic heterocycles. The maximum atomic E-state index is 13.6. The summed E-state index contributed by atoms with van der Waals surface area (Å²) in [7, 11) is 3.02. The second kappa shape index (κ2) is 8.80. The zero-order chi connectivity index (χ0) is 21.9. The third-order valence-electron chi connectivity index (χ3n) is 4.35. The first kappa shape index (κ1) is 21.7. The van der Waals surface area contributed by atoms with Gasteiger partial charge in [-0.05, 0) is 50.0 Å². The fourth-order valence-corrected chi connectivity index (χ4v) is 3.97. The Bertz CT molecular complexity index is 1100. The van der Waals surface area contributed by atoms with Crippen LogP contribution in [0.5, 0.6) is 11.5 Å². The van der Waals surface area contributed by atoms with Crippen LogP contribution in [-0.2, 0) is 10.0 Å². The number of methoxy groups -OCH3 is 1. The number of fused-ring (bicyclic) bond motifs is 1. The summed E-state index contributed by atoms with van der Waals surface area (Å²) >= 11 is 0. The van der Waals surface area contributed by atoms with Gasteiger partial charge in [0.1, 0.15) is 17.3 Å². The minimum Gasteiger partial charge on any atom is -0.494 e. The van der Waals surface area contributed by atoms with Crippen molar-refractivity contribution in [2.24, 2.45) is 9.50 Å². The highest BCUT2D eigenvalue weighted by Gasteiger charge is 2.31. The summed E-state index contributed by atoms with van der Waals surface area (Å²) < 4.78 is 52.9. The molecule has 0 aliphatic carbocycles. The largest absolute Gasteiger partial charge is 0.494 e. The summed E-state index contributed by atoms with van der Waals surface area (Å²) in [4.78, 5) is 2.08. The zero-order valence-electron chi connectivity index (χ0n) is 17.2. The Morgan fingerprint density at radius 1 is 1.17 bits per heavy atom. The number of likely N-dealkylation sites (N-methyl/N-ethyl adjacent to an activating group) is 1. The van der Waals surface area contributed by atoms with Crippen LogP contribution >= 0.6 is 0 Å². The Labute approximate surface area is 175 Å². The Balaban J connectivity index is 1.84. The molecule has 0 atom stereocenters. The molecule has 1 aliphatic rings. The van der Waals surface area contributed by atoms with Crippen molar-refractivity contribution in [1.82, 2.24) is 9.91 Å². The van der Waals surface area contributed by atoms with E-state index in [4.69, 9.17) is 9.47 Å². The van der Waals surface area contributed by atoms with Crippen molar-refractivity contribution in [2.75, 3.05) is 41.4 Å². The van der Waals surface area contributed by atoms with Gasteiger partial charge in [-0.2, -0.15) is 13.5 Å². The molecule has 3 rings (SSSR count). The van der Waals surface area contributed by atoms with Crippen molar-refractivity contribution in [3.8, 4) is 11.5 Å². The standard InChI is InChI=1S/C20H23FN4O4S/c1-24(2)9-10-29-15-6-8-19-16(12-15)20(23-30(19,26)27)25(3)22-13-14-5-7-17(21)18(11-14)28-4/h5-8,11-13H,9-10H2,1-4H3/b22-13+. The lowest BCUT2D eigenvalue weighted by atomic mass is 10.2. The maximum absolute atomic E-state index is 13.6. The van der Waals surface area contributed by atoms with Gasteiger partial charge in [-0.15, -0.1) is 4.40 Å². The van der Waals surface area contributed by atoms with Crippen LogP contribution in [0.25, 0.3) is 0 Å². The number of amidine groups is 1. The molecule has 2 aromatic carbocycles. The molecule has 0 N–H and O–H groups in total. The van der Waals surface area contributed by atoms with Crippen LogP contribution in [-0.4, -0.2) is 71.8 Å². The number of nitrogens with zero attached hydrogens (tertiary/aromatic N) is 4. The molecular weight excluding hydrogens is 411 g/mol. The van der Waals surface area contributed by atoms with Crippen molar-refractivity contribution in [3.05, 3.63) is 53.3 Å². The summed E-state index contributed by atoms with van der Waals surface area (Å²) in [5, 5.41) is 5.60. The quantitative estimate of drug-likeness (QED) is 0.491. The molecule has 160 valence electrons. The zero-order valence-corrected chi connectivity index (χ0v) is 18.0. The van der Waals surface area contributed by atoms with E-state index in [-0.39, 0.29) is 16.5 Å². The molecule has 0 fully saturated rings. The predicted molar refractivity (Wildman–Crippen MR) is 113 cm³/mol. The Kier molecular flexibility index (Phi) is 6.37. The van der Waals surface area contributed by atoms with Crippen molar-refractivity contribution in [3.63, 3.8) is 0 Å². The van der Waals surface area contributed by atoms with E-state index in [9.17, 15) is 12.8 Å². The van der Waals surface area contributed by atoms with E-state index in [2.05, 4.69) is 9.50 Å². The van der Waals surface area contributed by atoms with E-state index in [1.807, 2.05) is 19.0 Å². The number of benzene rings is 2. The van der Waals surface area contributed by atoms with Crippen LogP contribution in [0.4, 0.5) is 4.39 Å². The van der Waals surface area contributed by atoms with E-state index in [0.29, 0.717) is 23.5 Å². The van der Waals surface area contributed by atoms with E-state index in [1.165, 1.54) is 42.6 Å². The lowest BCUT2D eigenvalue weighted by Gasteiger charge is -2.14. The highest BCUT2D eigenvalue weighted by molar-refractivity contribution is 7.90. The van der Waals surface area contributed by atoms with Crippen molar-refractivity contribution < 1.29 is 22.3 Å². The molecule has 1 aliphatic heterocycles. The molecule has 0 spiro atoms. The molecule has 0 bridgehead atoms. The predicted octanol–water partition coefficient (Wildman–Crippen LogP) is 2.19. The molecule has 0 saturated heterocycles. The summed E-state index contributed by atoms with van der Waals surface area (Å²) in [5.74, 6) is 0.326. The second-order valence-corrected chi connectivity index (χ2v) is 8.43. The maximum Gasteiger partial charge on any atom is 0.285 e. The molecule has 10 heteroatoms. The molecule has 8 nitrogen and oxygen atoms in total. The third kappa shape index (κ3) is 4.77. The average molecular weight is 434 g/mol. The molecule has 0 radical (unpaired) electrons. The van der Waals surface area contributed by atoms with Crippen LogP contribution in [0, 0.1) is 5.82 Å². The molecule has 0 saturated carbocycles. The van der Waals surface area contributed by atoms with Crippen LogP contribution in [0.3, 0.4) is 0 Å². The first-order chi connectivity index (χ1) is 14.2. The number of hydrazone groups is 1. The van der Waals surface area contributed by atoms with Gasteiger partial charge in [0.05, 0.1) is 13.3 Å². The van der Waals surface area contributed by atoms with Gasteiger partial charge in [-0.3, -0.25) is 0 Å². The number of sulfonamides is 1. The Morgan fingerprint density at radius 2 is 1.93 bits per heavy atom. The van der Waals surface area contributed by atoms with Crippen molar-refractivity contribution in [2.45, 2.75) is 4.90 Å². The molecule has 1 heterocycles. The fraction of sp³-hybridized carbons (Fsp3) is 0.300. The van der Waals surface area contributed by atoms with Crippen LogP contribution < -0.4 is 9.47 Å². The van der Waals surface area contributed by atoms with Gasteiger partial charge >= 0.3 is 0 Å². The van der Waals surface area contributed by atoms with Gasteiger partial charge in [0, 0.05) is 19.2 Å². The van der Waals surface area contributed by atoms with Gasteiger partial charge in [0.15, 0.2) is 17.4 Å². The number of ether oxygens (including phenoxy) is 2. The van der Waals surface area contributed by atoms with Gasteiger partial charge in [0.2, 0.25) is 0 Å². The number of hydrogen-bond acceptors (Lipinski definition) is 7. The first-order valence-electron chi connectivity index (χ1n) is 9.09. The average Bonchev–Trinajstić information content (AvgIpc) is 2.97. The lowest BCUT2D eigenvalue weighted by Crippen LogP contribution is -2.21. The summed E-state index contributed by atoms with van der Waals surface area (Å²) in [5.41, 5.74) is 0.997. The van der Waals surface area contributed by atoms with Gasteiger partial charge < -0.3 is 14.4 Å². The van der Waals surface area contributed by atoms with E-state index >= 15 is 0 Å². The SMILES string of the molecule is COc1cc(/C=N/N(C)C2=NS(=O)(=O)c3ccc(OCCN(C)C)cc32)ccc1F. The third-order valence-corrected chi connectivity index (χ3v) is 5.67. The van der Waals surface area contributed by atoms with E-state index in [0.717, 1.165) is 6.54 Å². The Morgan fingerprint density at radius 3 is 2.63 bits per heavy atom. The second-order valence-electron chi connectivity index (χ2n) is 6.86. The van der Waals surface area contributed by atoms with Crippen LogP contribution in [0.15, 0.2) is 50.8 Å². The van der Waals surface area contributed by atoms with Gasteiger partial charge in [0.25, 0.3) is 10.0 Å². The Hall–Kier alpha value is -2.98. The smallest absolute Gasteiger partial charge is 0.285 e. The number of rotatable bonds is 7. The monoisotopic (exact) mass is 434 g/mol. The normalized spacial score (nSPS) is 14.7. The van der Waals surface area contributed by atoms with Crippen LogP contribution in [0.2, 0.25) is 0 Å². The van der Waals surface area contributed by atoms with Crippen molar-refractivity contribution >= 4 is 22.1 Å². The highest BCUT2D eigenvalue weighted by Crippen LogP contribution is 2.30. The van der Waals surface area contributed by atoms with Crippen LogP contribution in [0.1, 0.15) is 11.1 Å². The number of hydrogen-bond donors (Lipinski definition) is 0. The minimum absolute atomic E-state index is 0.0900. The topological polar surface area (TPSA) is 83.8 Å². The number of halogens is 1. The van der Waals surface area contributed by atoms with E-state index in [1.54, 1.807) is 19.2 Å². The lowest BCUT2D eigenvalue weighted by molar-refractivity contribution is 0.261. The molecule has 30 heavy (non-hydrogen) atoms. The fourth-order valence-electron chi connectivity index (χ4n) is 2.75. The highest BCUT2D eigenvalue weighted by atomic mass is 32.2. The summed E-state index contributed by atoms with van der Waals surface area (Å²) in [6.07, 6.45) is 1.46. The minimum atomic E-state index is -3.81. The molecule has 0 amide bonds. The summed E-state index contributed by atoms with van der Waals surface area (Å²) in [6.45, 7) is 1.19. The molecule has 0 unspecified atom stereocenters. The van der Waals surface area contributed by atoms with E-state index < -0.39 is 15.8 Å². The molecule has 2 aromatic rings.